The SMILES string of the molecule is COC(=O)C[C@H](C(=O)OC)[C@@H](NC(=O)[C@H]1CCC(=O)N1)C(=O)OC. The van der Waals surface area contributed by atoms with E-state index in [2.05, 4.69) is 24.8 Å². The van der Waals surface area contributed by atoms with E-state index < -0.39 is 48.2 Å². The van der Waals surface area contributed by atoms with Crippen LogP contribution in [0.5, 0.6) is 0 Å². The fourth-order valence-electron chi connectivity index (χ4n) is 2.27. The van der Waals surface area contributed by atoms with E-state index in [1.165, 1.54) is 0 Å². The minimum atomic E-state index is -1.45. The Morgan fingerprint density at radius 3 is 2.21 bits per heavy atom. The van der Waals surface area contributed by atoms with Gasteiger partial charge in [-0.1, -0.05) is 0 Å². The number of carbonyl (C=O) groups excluding carboxylic acids is 5. The van der Waals surface area contributed by atoms with E-state index in [4.69, 9.17) is 0 Å². The Bertz CT molecular complexity index is 533. The molecule has 24 heavy (non-hydrogen) atoms. The molecule has 0 saturated carbocycles. The lowest BCUT2D eigenvalue weighted by molar-refractivity contribution is -0.159. The third-order valence-corrected chi connectivity index (χ3v) is 3.59. The van der Waals surface area contributed by atoms with Gasteiger partial charge in [0.05, 0.1) is 33.7 Å². The minimum absolute atomic E-state index is 0.184. The number of carbonyl (C=O) groups is 5. The van der Waals surface area contributed by atoms with Crippen LogP contribution in [-0.4, -0.2) is 63.1 Å². The number of methoxy groups -OCH3 is 3. The summed E-state index contributed by atoms with van der Waals surface area (Å²) in [6.07, 6.45) is -0.0394. The first-order valence-corrected chi connectivity index (χ1v) is 7.16. The van der Waals surface area contributed by atoms with Crippen molar-refractivity contribution >= 4 is 29.7 Å². The quantitative estimate of drug-likeness (QED) is 0.411. The molecule has 0 radical (unpaired) electrons. The van der Waals surface area contributed by atoms with Crippen LogP contribution in [0.4, 0.5) is 0 Å². The number of esters is 3. The Kier molecular flexibility index (Phi) is 7.15. The van der Waals surface area contributed by atoms with Crippen LogP contribution in [0.25, 0.3) is 0 Å². The van der Waals surface area contributed by atoms with Gasteiger partial charge >= 0.3 is 17.9 Å². The summed E-state index contributed by atoms with van der Waals surface area (Å²) >= 11 is 0. The van der Waals surface area contributed by atoms with Crippen LogP contribution in [0.15, 0.2) is 0 Å². The van der Waals surface area contributed by atoms with E-state index >= 15 is 0 Å². The molecule has 3 atom stereocenters. The molecule has 1 rings (SSSR count). The highest BCUT2D eigenvalue weighted by atomic mass is 16.5. The van der Waals surface area contributed by atoms with Gasteiger partial charge in [0.25, 0.3) is 0 Å². The smallest absolute Gasteiger partial charge is 0.329 e. The molecule has 10 heteroatoms. The van der Waals surface area contributed by atoms with Crippen molar-refractivity contribution < 1.29 is 38.2 Å². The number of ether oxygens (including phenoxy) is 3. The molecule has 1 aliphatic heterocycles. The fourth-order valence-corrected chi connectivity index (χ4v) is 2.27. The third kappa shape index (κ3) is 4.93. The van der Waals surface area contributed by atoms with Gasteiger partial charge in [0, 0.05) is 6.42 Å². The topological polar surface area (TPSA) is 137 Å². The van der Waals surface area contributed by atoms with Gasteiger partial charge in [0.1, 0.15) is 12.1 Å². The zero-order valence-corrected chi connectivity index (χ0v) is 13.6. The Morgan fingerprint density at radius 1 is 1.12 bits per heavy atom. The van der Waals surface area contributed by atoms with Gasteiger partial charge in [0.15, 0.2) is 0 Å². The van der Waals surface area contributed by atoms with Gasteiger partial charge < -0.3 is 24.8 Å². The maximum atomic E-state index is 12.2. The van der Waals surface area contributed by atoms with Crippen molar-refractivity contribution in [3.8, 4) is 0 Å². The van der Waals surface area contributed by atoms with Crippen molar-refractivity contribution in [2.45, 2.75) is 31.3 Å². The predicted molar refractivity (Wildman–Crippen MR) is 77.3 cm³/mol. The number of amides is 2. The lowest BCUT2D eigenvalue weighted by Crippen LogP contribution is -2.54. The van der Waals surface area contributed by atoms with E-state index in [1.807, 2.05) is 0 Å². The molecule has 2 N–H and O–H groups in total. The van der Waals surface area contributed by atoms with E-state index in [1.54, 1.807) is 0 Å². The first kappa shape index (κ1) is 19.4. The van der Waals surface area contributed by atoms with Gasteiger partial charge in [0.2, 0.25) is 11.8 Å². The van der Waals surface area contributed by atoms with Crippen molar-refractivity contribution in [3.63, 3.8) is 0 Å². The fraction of sp³-hybridized carbons (Fsp3) is 0.643. The van der Waals surface area contributed by atoms with E-state index in [0.717, 1.165) is 21.3 Å². The second-order valence-corrected chi connectivity index (χ2v) is 5.08. The van der Waals surface area contributed by atoms with Gasteiger partial charge in [-0.15, -0.1) is 0 Å². The average Bonchev–Trinajstić information content (AvgIpc) is 3.02. The predicted octanol–water partition coefficient (Wildman–Crippen LogP) is -1.72. The number of rotatable bonds is 7. The highest BCUT2D eigenvalue weighted by Crippen LogP contribution is 2.16. The molecule has 0 bridgehead atoms. The first-order chi connectivity index (χ1) is 11.3. The molecule has 1 saturated heterocycles. The number of hydrogen-bond acceptors (Lipinski definition) is 8. The summed E-state index contributed by atoms with van der Waals surface area (Å²) in [6, 6.07) is -2.27. The molecule has 1 heterocycles. The van der Waals surface area contributed by atoms with E-state index in [0.29, 0.717) is 0 Å². The largest absolute Gasteiger partial charge is 0.469 e. The number of nitrogens with one attached hydrogen (secondary N) is 2. The molecule has 1 fully saturated rings. The first-order valence-electron chi connectivity index (χ1n) is 7.16. The summed E-state index contributed by atoms with van der Waals surface area (Å²) in [5.41, 5.74) is 0. The molecule has 0 aliphatic carbocycles. The molecule has 0 aromatic rings. The maximum Gasteiger partial charge on any atom is 0.329 e. The molecule has 1 aliphatic rings. The van der Waals surface area contributed by atoms with Crippen LogP contribution in [0, 0.1) is 5.92 Å². The Morgan fingerprint density at radius 2 is 1.75 bits per heavy atom. The zero-order chi connectivity index (χ0) is 18.3. The molecular weight excluding hydrogens is 324 g/mol. The monoisotopic (exact) mass is 344 g/mol. The van der Waals surface area contributed by atoms with Crippen molar-refractivity contribution in [1.82, 2.24) is 10.6 Å². The van der Waals surface area contributed by atoms with Gasteiger partial charge in [-0.05, 0) is 6.42 Å². The summed E-state index contributed by atoms with van der Waals surface area (Å²) in [7, 11) is 3.28. The van der Waals surface area contributed by atoms with Crippen molar-refractivity contribution in [3.05, 3.63) is 0 Å². The second kappa shape index (κ2) is 8.85. The van der Waals surface area contributed by atoms with E-state index in [9.17, 15) is 24.0 Å². The molecule has 10 nitrogen and oxygen atoms in total. The van der Waals surface area contributed by atoms with Crippen LogP contribution < -0.4 is 10.6 Å². The molecule has 0 unspecified atom stereocenters. The maximum absolute atomic E-state index is 12.2. The van der Waals surface area contributed by atoms with Crippen LogP contribution in [-0.2, 0) is 38.2 Å². The standard InChI is InChI=1S/C14H20N2O8/c1-22-10(18)6-7(13(20)23-2)11(14(21)24-3)16-12(19)8-4-5-9(17)15-8/h7-8,11H,4-6H2,1-3H3,(H,15,17)(H,16,19)/t7-,8+,11+/m0/s1. The summed E-state index contributed by atoms with van der Waals surface area (Å²) in [6.45, 7) is 0. The summed E-state index contributed by atoms with van der Waals surface area (Å²) in [5.74, 6) is -4.84. The normalized spacial score (nSPS) is 18.8. The van der Waals surface area contributed by atoms with Crippen molar-refractivity contribution in [1.29, 1.82) is 0 Å². The van der Waals surface area contributed by atoms with Crippen LogP contribution in [0.1, 0.15) is 19.3 Å². The minimum Gasteiger partial charge on any atom is -0.469 e. The molecule has 0 spiro atoms. The van der Waals surface area contributed by atoms with Crippen molar-refractivity contribution in [2.24, 2.45) is 5.92 Å². The Hall–Kier alpha value is -2.65. The lowest BCUT2D eigenvalue weighted by atomic mass is 9.95. The Balaban J connectivity index is 2.96. The highest BCUT2D eigenvalue weighted by Gasteiger charge is 2.40. The summed E-state index contributed by atoms with van der Waals surface area (Å²) in [5, 5.41) is 4.78. The molecule has 0 aromatic carbocycles. The molecule has 2 amide bonds. The van der Waals surface area contributed by atoms with Crippen LogP contribution in [0.2, 0.25) is 0 Å². The number of hydrogen-bond donors (Lipinski definition) is 2. The summed E-state index contributed by atoms with van der Waals surface area (Å²) in [4.78, 5) is 58.8. The zero-order valence-electron chi connectivity index (χ0n) is 13.6. The van der Waals surface area contributed by atoms with E-state index in [-0.39, 0.29) is 18.7 Å². The van der Waals surface area contributed by atoms with Gasteiger partial charge in [-0.3, -0.25) is 19.2 Å². The van der Waals surface area contributed by atoms with Crippen molar-refractivity contribution in [2.75, 3.05) is 21.3 Å². The van der Waals surface area contributed by atoms with Gasteiger partial charge in [-0.2, -0.15) is 0 Å². The third-order valence-electron chi connectivity index (χ3n) is 3.59. The molecule has 134 valence electrons. The lowest BCUT2D eigenvalue weighted by Gasteiger charge is -2.24. The van der Waals surface area contributed by atoms with Gasteiger partial charge in [-0.25, -0.2) is 4.79 Å². The Labute approximate surface area is 138 Å². The van der Waals surface area contributed by atoms with Crippen LogP contribution in [0.3, 0.4) is 0 Å². The summed E-state index contributed by atoms with van der Waals surface area (Å²) < 4.78 is 13.7. The molecule has 0 aromatic heterocycles. The molecular formula is C14H20N2O8. The van der Waals surface area contributed by atoms with Crippen LogP contribution >= 0.6 is 0 Å². The average molecular weight is 344 g/mol. The second-order valence-electron chi connectivity index (χ2n) is 5.08. The highest BCUT2D eigenvalue weighted by molar-refractivity contribution is 5.95.